The average molecular weight is 841 g/mol. The Labute approximate surface area is 364 Å². The minimum absolute atomic E-state index is 0.0110. The Morgan fingerprint density at radius 2 is 0.814 bits per heavy atom. The van der Waals surface area contributed by atoms with Crippen LogP contribution in [0.5, 0.6) is 0 Å². The van der Waals surface area contributed by atoms with Gasteiger partial charge in [-0.05, 0) is 19.3 Å². The molecule has 1 fully saturated rings. The van der Waals surface area contributed by atoms with E-state index in [0.717, 1.165) is 38.5 Å². The van der Waals surface area contributed by atoms with Crippen LogP contribution in [0.4, 0.5) is 0 Å². The summed E-state index contributed by atoms with van der Waals surface area (Å²) in [7, 11) is 0. The van der Waals surface area contributed by atoms with Gasteiger partial charge in [-0.3, -0.25) is 4.79 Å². The fourth-order valence-corrected chi connectivity index (χ4v) is 8.93. The molecule has 0 aromatic heterocycles. The summed E-state index contributed by atoms with van der Waals surface area (Å²) in [6, 6.07) is -1.56. The maximum absolute atomic E-state index is 13.0. The fourth-order valence-electron chi connectivity index (χ4n) is 8.93. The van der Waals surface area contributed by atoms with E-state index >= 15 is 0 Å². The van der Waals surface area contributed by atoms with Gasteiger partial charge in [-0.2, -0.15) is 0 Å². The fraction of sp³-hybridized carbons (Fsp3) is 0.980. The summed E-state index contributed by atoms with van der Waals surface area (Å²) in [5, 5.41) is 69.0. The highest BCUT2D eigenvalue weighted by Crippen LogP contribution is 2.22. The van der Waals surface area contributed by atoms with Gasteiger partial charge in [0.2, 0.25) is 5.91 Å². The van der Waals surface area contributed by atoms with Gasteiger partial charge in [-0.25, -0.2) is 0 Å². The molecule has 0 aromatic rings. The summed E-state index contributed by atoms with van der Waals surface area (Å²) in [6.45, 7) is 4.57. The highest BCUT2D eigenvalue weighted by Gasteiger charge is 2.42. The van der Waals surface area contributed by atoms with Crippen molar-refractivity contribution in [2.45, 2.75) is 307 Å². The van der Waals surface area contributed by atoms with Gasteiger partial charge in [0.25, 0.3) is 0 Å². The van der Waals surface area contributed by atoms with Crippen LogP contribution in [-0.2, 0) is 4.79 Å². The lowest BCUT2D eigenvalue weighted by atomic mass is 9.85. The minimum atomic E-state index is -1.51. The van der Waals surface area contributed by atoms with Crippen molar-refractivity contribution in [1.82, 2.24) is 10.6 Å². The van der Waals surface area contributed by atoms with Crippen LogP contribution < -0.4 is 10.6 Å². The van der Waals surface area contributed by atoms with Gasteiger partial charge in [0.1, 0.15) is 18.3 Å². The van der Waals surface area contributed by atoms with Crippen molar-refractivity contribution in [3.05, 3.63) is 0 Å². The Morgan fingerprint density at radius 1 is 0.475 bits per heavy atom. The van der Waals surface area contributed by atoms with Crippen LogP contribution in [0.1, 0.15) is 258 Å². The summed E-state index contributed by atoms with van der Waals surface area (Å²) < 4.78 is 0. The molecule has 0 aliphatic heterocycles. The van der Waals surface area contributed by atoms with Gasteiger partial charge in [0.05, 0.1) is 24.4 Å². The van der Waals surface area contributed by atoms with Gasteiger partial charge in [-0.15, -0.1) is 0 Å². The zero-order valence-electron chi connectivity index (χ0n) is 38.8. The summed E-state index contributed by atoms with van der Waals surface area (Å²) in [6.07, 6.45) is 38.0. The van der Waals surface area contributed by atoms with Gasteiger partial charge < -0.3 is 41.3 Å². The number of hydrogen-bond donors (Lipinski definition) is 8. The molecule has 8 atom stereocenters. The molecular weight excluding hydrogens is 741 g/mol. The summed E-state index contributed by atoms with van der Waals surface area (Å²) in [4.78, 5) is 13.0. The van der Waals surface area contributed by atoms with Crippen LogP contribution in [-0.4, -0.2) is 91.8 Å². The van der Waals surface area contributed by atoms with E-state index in [1.165, 1.54) is 186 Å². The largest absolute Gasteiger partial charge is 0.390 e. The quantitative estimate of drug-likeness (QED) is 0.0281. The molecule has 1 aliphatic rings. The highest BCUT2D eigenvalue weighted by molar-refractivity contribution is 5.76. The molecule has 0 heterocycles. The Morgan fingerprint density at radius 3 is 1.19 bits per heavy atom. The second-order valence-corrected chi connectivity index (χ2v) is 18.7. The van der Waals surface area contributed by atoms with Crippen molar-refractivity contribution < 1.29 is 35.4 Å². The zero-order valence-corrected chi connectivity index (χ0v) is 38.8. The Kier molecular flexibility index (Phi) is 38.1. The Bertz CT molecular complexity index is 912. The number of unbranched alkanes of at least 4 members (excludes halogenated alkanes) is 33. The molecule has 9 nitrogen and oxygen atoms in total. The molecule has 1 saturated carbocycles. The van der Waals surface area contributed by atoms with E-state index in [0.29, 0.717) is 12.8 Å². The first-order valence-corrected chi connectivity index (χ1v) is 25.8. The molecule has 0 aromatic carbocycles. The minimum Gasteiger partial charge on any atom is -0.390 e. The highest BCUT2D eigenvalue weighted by atomic mass is 16.4. The number of amides is 1. The number of rotatable bonds is 43. The van der Waals surface area contributed by atoms with E-state index in [-0.39, 0.29) is 18.9 Å². The predicted octanol–water partition coefficient (Wildman–Crippen LogP) is 10.5. The number of carbonyl (C=O) groups is 1. The van der Waals surface area contributed by atoms with Crippen LogP contribution in [0.15, 0.2) is 0 Å². The topological polar surface area (TPSA) is 163 Å². The summed E-state index contributed by atoms with van der Waals surface area (Å²) in [5.74, 6) is -0.184. The van der Waals surface area contributed by atoms with Crippen molar-refractivity contribution in [3.8, 4) is 0 Å². The van der Waals surface area contributed by atoms with Crippen LogP contribution >= 0.6 is 0 Å². The molecule has 9 heteroatoms. The Balaban J connectivity index is 2.23. The maximum atomic E-state index is 13.0. The molecule has 0 radical (unpaired) electrons. The van der Waals surface area contributed by atoms with Crippen molar-refractivity contribution in [2.24, 2.45) is 0 Å². The lowest BCUT2D eigenvalue weighted by Crippen LogP contribution is -2.62. The first-order valence-electron chi connectivity index (χ1n) is 25.8. The predicted molar refractivity (Wildman–Crippen MR) is 247 cm³/mol. The van der Waals surface area contributed by atoms with Crippen LogP contribution in [0.25, 0.3) is 0 Å². The SMILES string of the molecule is CCCCCCCCCCCCCCCCCCCCCCCCCC(=O)N[C@@H](CN[C@@H]1C[C@H](O)[C@@H](O)[C@H](O)[C@H]1O)[C@H](O)[C@H](O)CCCCCCCCCCCCCC. The summed E-state index contributed by atoms with van der Waals surface area (Å²) >= 11 is 0. The lowest BCUT2D eigenvalue weighted by Gasteiger charge is -2.39. The molecule has 0 spiro atoms. The van der Waals surface area contributed by atoms with Crippen molar-refractivity contribution >= 4 is 5.91 Å². The number of carbonyl (C=O) groups excluding carboxylic acids is 1. The number of nitrogens with one attached hydrogen (secondary N) is 2. The van der Waals surface area contributed by atoms with E-state index in [2.05, 4.69) is 24.5 Å². The number of aliphatic hydroxyl groups is 6. The lowest BCUT2D eigenvalue weighted by molar-refractivity contribution is -0.147. The van der Waals surface area contributed by atoms with Crippen LogP contribution in [0.3, 0.4) is 0 Å². The molecule has 1 amide bonds. The third kappa shape index (κ3) is 30.8. The van der Waals surface area contributed by atoms with E-state index < -0.39 is 48.7 Å². The molecule has 0 unspecified atom stereocenters. The van der Waals surface area contributed by atoms with Crippen molar-refractivity contribution in [1.29, 1.82) is 0 Å². The maximum Gasteiger partial charge on any atom is 0.220 e. The van der Waals surface area contributed by atoms with Crippen molar-refractivity contribution in [3.63, 3.8) is 0 Å². The van der Waals surface area contributed by atoms with E-state index in [4.69, 9.17) is 0 Å². The molecule has 1 aliphatic carbocycles. The van der Waals surface area contributed by atoms with Gasteiger partial charge in [0.15, 0.2) is 0 Å². The second kappa shape index (κ2) is 40.0. The van der Waals surface area contributed by atoms with E-state index in [1.807, 2.05) is 0 Å². The van der Waals surface area contributed by atoms with Gasteiger partial charge in [-0.1, -0.05) is 232 Å². The smallest absolute Gasteiger partial charge is 0.220 e. The third-order valence-electron chi connectivity index (χ3n) is 13.1. The van der Waals surface area contributed by atoms with E-state index in [9.17, 15) is 35.4 Å². The Hall–Kier alpha value is -0.810. The summed E-state index contributed by atoms with van der Waals surface area (Å²) in [5.41, 5.74) is 0. The van der Waals surface area contributed by atoms with E-state index in [1.54, 1.807) is 0 Å². The molecule has 1 rings (SSSR count). The molecular formula is C50H100N2O7. The van der Waals surface area contributed by atoms with Gasteiger partial charge >= 0.3 is 0 Å². The first kappa shape index (κ1) is 56.2. The normalized spacial score (nSPS) is 21.1. The number of aliphatic hydroxyl groups excluding tert-OH is 6. The number of hydrogen-bond acceptors (Lipinski definition) is 8. The van der Waals surface area contributed by atoms with Crippen LogP contribution in [0.2, 0.25) is 0 Å². The van der Waals surface area contributed by atoms with Gasteiger partial charge in [0, 0.05) is 19.0 Å². The first-order chi connectivity index (χ1) is 28.7. The third-order valence-corrected chi connectivity index (χ3v) is 13.1. The molecule has 0 bridgehead atoms. The average Bonchev–Trinajstić information content (AvgIpc) is 3.23. The van der Waals surface area contributed by atoms with Crippen molar-refractivity contribution in [2.75, 3.05) is 6.54 Å². The molecule has 59 heavy (non-hydrogen) atoms. The monoisotopic (exact) mass is 841 g/mol. The molecule has 352 valence electrons. The van der Waals surface area contributed by atoms with Crippen LogP contribution in [0, 0.1) is 0 Å². The second-order valence-electron chi connectivity index (χ2n) is 18.7. The molecule has 8 N–H and O–H groups in total. The molecule has 0 saturated heterocycles. The zero-order chi connectivity index (χ0) is 43.2. The standard InChI is InChI=1S/C50H100N2O7/c1-3-5-7-9-11-13-15-17-18-19-20-21-22-23-24-25-26-27-29-31-33-35-37-39-46(55)52-43(41-51-42-40-45(54)49(58)50(59)48(42)57)47(56)44(53)38-36-34-32-30-28-16-14-12-10-8-6-4-2/h42-45,47-51,53-54,56-59H,3-41H2,1-2H3,(H,52,55)/t42-,43+,44-,45+,47+,48+,49-,50-/m1/s1.